The first-order valence-corrected chi connectivity index (χ1v) is 12.9. The van der Waals surface area contributed by atoms with Gasteiger partial charge in [0.15, 0.2) is 0 Å². The third-order valence-corrected chi connectivity index (χ3v) is 6.64. The molecule has 0 aliphatic heterocycles. The van der Waals surface area contributed by atoms with Gasteiger partial charge in [0.05, 0.1) is 11.9 Å². The Hall–Kier alpha value is -2.87. The summed E-state index contributed by atoms with van der Waals surface area (Å²) in [6.07, 6.45) is 1.09. The van der Waals surface area contributed by atoms with Crippen molar-refractivity contribution in [3.8, 4) is 0 Å². The van der Waals surface area contributed by atoms with Crippen LogP contribution in [0.25, 0.3) is 0 Å². The summed E-state index contributed by atoms with van der Waals surface area (Å²) in [6.45, 7) is 10.8. The first-order chi connectivity index (χ1) is 15.3. The lowest BCUT2D eigenvalue weighted by molar-refractivity contribution is -0.139. The molecule has 1 unspecified atom stereocenters. The molecule has 0 aromatic heterocycles. The van der Waals surface area contributed by atoms with Crippen molar-refractivity contribution in [3.05, 3.63) is 64.7 Å². The average molecular weight is 474 g/mol. The van der Waals surface area contributed by atoms with Gasteiger partial charge in [0.2, 0.25) is 21.8 Å². The number of benzene rings is 2. The topological polar surface area (TPSA) is 86.8 Å². The molecule has 0 heterocycles. The van der Waals surface area contributed by atoms with Crippen molar-refractivity contribution in [3.63, 3.8) is 0 Å². The molecule has 2 rings (SSSR count). The van der Waals surface area contributed by atoms with Crippen molar-refractivity contribution in [1.29, 1.82) is 0 Å². The summed E-state index contributed by atoms with van der Waals surface area (Å²) >= 11 is 0. The van der Waals surface area contributed by atoms with Crippen LogP contribution in [0.5, 0.6) is 0 Å². The molecule has 1 N–H and O–H groups in total. The van der Waals surface area contributed by atoms with Gasteiger partial charge >= 0.3 is 0 Å². The Bertz CT molecular complexity index is 1110. The molecule has 7 nitrogen and oxygen atoms in total. The van der Waals surface area contributed by atoms with E-state index in [-0.39, 0.29) is 18.5 Å². The van der Waals surface area contributed by atoms with E-state index in [0.717, 1.165) is 32.8 Å². The van der Waals surface area contributed by atoms with E-state index in [1.54, 1.807) is 19.9 Å². The van der Waals surface area contributed by atoms with E-state index in [4.69, 9.17) is 0 Å². The highest BCUT2D eigenvalue weighted by molar-refractivity contribution is 7.92. The number of hydrogen-bond donors (Lipinski definition) is 1. The molecular formula is C25H35N3O4S. The zero-order valence-electron chi connectivity index (χ0n) is 20.5. The molecule has 2 aromatic carbocycles. The monoisotopic (exact) mass is 473 g/mol. The lowest BCUT2D eigenvalue weighted by Crippen LogP contribution is -2.52. The van der Waals surface area contributed by atoms with Gasteiger partial charge in [0, 0.05) is 12.6 Å². The lowest BCUT2D eigenvalue weighted by atomic mass is 10.1. The third kappa shape index (κ3) is 7.05. The van der Waals surface area contributed by atoms with Gasteiger partial charge in [-0.1, -0.05) is 36.4 Å². The van der Waals surface area contributed by atoms with Crippen molar-refractivity contribution < 1.29 is 18.0 Å². The molecular weight excluding hydrogens is 438 g/mol. The zero-order chi connectivity index (χ0) is 24.9. The summed E-state index contributed by atoms with van der Waals surface area (Å²) in [6, 6.07) is 12.2. The first-order valence-electron chi connectivity index (χ1n) is 11.0. The molecule has 0 saturated carbocycles. The minimum atomic E-state index is -3.75. The summed E-state index contributed by atoms with van der Waals surface area (Å²) < 4.78 is 26.5. The van der Waals surface area contributed by atoms with Gasteiger partial charge in [-0.15, -0.1) is 0 Å². The molecule has 33 heavy (non-hydrogen) atoms. The summed E-state index contributed by atoms with van der Waals surface area (Å²) in [5.41, 5.74) is 3.97. The fourth-order valence-corrected chi connectivity index (χ4v) is 4.44. The summed E-state index contributed by atoms with van der Waals surface area (Å²) in [5, 5.41) is 2.85. The Balaban J connectivity index is 2.45. The number of rotatable bonds is 9. The predicted molar refractivity (Wildman–Crippen MR) is 133 cm³/mol. The van der Waals surface area contributed by atoms with Crippen LogP contribution < -0.4 is 9.62 Å². The summed E-state index contributed by atoms with van der Waals surface area (Å²) in [5.74, 6) is -0.736. The quantitative estimate of drug-likeness (QED) is 0.605. The highest BCUT2D eigenvalue weighted by Gasteiger charge is 2.31. The highest BCUT2D eigenvalue weighted by atomic mass is 32.2. The van der Waals surface area contributed by atoms with Gasteiger partial charge in [0.1, 0.15) is 12.6 Å². The van der Waals surface area contributed by atoms with Crippen molar-refractivity contribution in [2.75, 3.05) is 17.1 Å². The molecule has 2 amide bonds. The normalized spacial score (nSPS) is 12.4. The van der Waals surface area contributed by atoms with E-state index in [1.807, 2.05) is 64.1 Å². The van der Waals surface area contributed by atoms with Crippen molar-refractivity contribution in [2.24, 2.45) is 0 Å². The van der Waals surface area contributed by atoms with Gasteiger partial charge in [-0.2, -0.15) is 0 Å². The smallest absolute Gasteiger partial charge is 0.244 e. The average Bonchev–Trinajstić information content (AvgIpc) is 2.71. The van der Waals surface area contributed by atoms with Crippen LogP contribution in [-0.4, -0.2) is 50.0 Å². The van der Waals surface area contributed by atoms with Crippen LogP contribution >= 0.6 is 0 Å². The van der Waals surface area contributed by atoms with E-state index in [9.17, 15) is 18.0 Å². The first kappa shape index (κ1) is 26.4. The number of nitrogens with one attached hydrogen (secondary N) is 1. The van der Waals surface area contributed by atoms with Crippen LogP contribution in [0.4, 0.5) is 5.69 Å². The van der Waals surface area contributed by atoms with Crippen LogP contribution in [0.15, 0.2) is 42.5 Å². The van der Waals surface area contributed by atoms with Crippen molar-refractivity contribution >= 4 is 27.5 Å². The van der Waals surface area contributed by atoms with Crippen LogP contribution in [0.3, 0.4) is 0 Å². The molecule has 0 fully saturated rings. The number of amides is 2. The second-order valence-electron chi connectivity index (χ2n) is 8.85. The van der Waals surface area contributed by atoms with Crippen LogP contribution in [0.1, 0.15) is 43.0 Å². The van der Waals surface area contributed by atoms with Crippen molar-refractivity contribution in [2.45, 2.75) is 60.2 Å². The van der Waals surface area contributed by atoms with E-state index in [0.29, 0.717) is 5.69 Å². The molecule has 0 radical (unpaired) electrons. The number of sulfonamides is 1. The fourth-order valence-electron chi connectivity index (χ4n) is 3.54. The number of carbonyl (C=O) groups excluding carboxylic acids is 2. The summed E-state index contributed by atoms with van der Waals surface area (Å²) in [7, 11) is -3.75. The number of nitrogens with zero attached hydrogens (tertiary/aromatic N) is 2. The number of aryl methyl sites for hydroxylation is 3. The van der Waals surface area contributed by atoms with Gasteiger partial charge in [-0.3, -0.25) is 13.9 Å². The molecule has 2 aromatic rings. The maximum absolute atomic E-state index is 13.6. The van der Waals surface area contributed by atoms with Crippen LogP contribution in [0, 0.1) is 20.8 Å². The van der Waals surface area contributed by atoms with Gasteiger partial charge < -0.3 is 10.2 Å². The molecule has 0 saturated heterocycles. The molecule has 0 aliphatic rings. The Kier molecular flexibility index (Phi) is 8.66. The second-order valence-corrected chi connectivity index (χ2v) is 10.8. The maximum atomic E-state index is 13.6. The minimum Gasteiger partial charge on any atom is -0.352 e. The Morgan fingerprint density at radius 3 is 2.18 bits per heavy atom. The van der Waals surface area contributed by atoms with Crippen molar-refractivity contribution in [1.82, 2.24) is 10.2 Å². The summed E-state index contributed by atoms with van der Waals surface area (Å²) in [4.78, 5) is 27.8. The number of carbonyl (C=O) groups is 2. The third-order valence-electron chi connectivity index (χ3n) is 5.51. The van der Waals surface area contributed by atoms with Crippen LogP contribution in [0.2, 0.25) is 0 Å². The fraction of sp³-hybridized carbons (Fsp3) is 0.440. The van der Waals surface area contributed by atoms with E-state index in [2.05, 4.69) is 5.32 Å². The van der Waals surface area contributed by atoms with Crippen LogP contribution in [-0.2, 0) is 26.2 Å². The van der Waals surface area contributed by atoms with E-state index in [1.165, 1.54) is 4.90 Å². The Labute approximate surface area is 197 Å². The zero-order valence-corrected chi connectivity index (χ0v) is 21.4. The number of hydrogen-bond acceptors (Lipinski definition) is 4. The Morgan fingerprint density at radius 1 is 0.970 bits per heavy atom. The predicted octanol–water partition coefficient (Wildman–Crippen LogP) is 3.32. The lowest BCUT2D eigenvalue weighted by Gasteiger charge is -2.32. The van der Waals surface area contributed by atoms with Gasteiger partial charge in [-0.05, 0) is 69.9 Å². The SMILES string of the molecule is Cc1ccc(C)c(N(CC(=O)N(Cc2ccccc2C)C(C)C(=O)NC(C)C)S(C)(=O)=O)c1. The van der Waals surface area contributed by atoms with Gasteiger partial charge in [-0.25, -0.2) is 8.42 Å². The second kappa shape index (κ2) is 10.8. The molecule has 8 heteroatoms. The van der Waals surface area contributed by atoms with E-state index >= 15 is 0 Å². The molecule has 0 bridgehead atoms. The molecule has 1 atom stereocenters. The van der Waals surface area contributed by atoms with E-state index < -0.39 is 28.5 Å². The molecule has 0 aliphatic carbocycles. The van der Waals surface area contributed by atoms with Gasteiger partial charge in [0.25, 0.3) is 0 Å². The Morgan fingerprint density at radius 2 is 1.61 bits per heavy atom. The molecule has 0 spiro atoms. The largest absolute Gasteiger partial charge is 0.352 e. The standard InChI is InChI=1S/C25H35N3O4S/c1-17(2)26-25(30)21(6)27(15-22-11-9-8-10-19(22)4)24(29)16-28(33(7,31)32)23-14-18(3)12-13-20(23)5/h8-14,17,21H,15-16H2,1-7H3,(H,26,30). The minimum absolute atomic E-state index is 0.0853. The maximum Gasteiger partial charge on any atom is 0.244 e. The molecule has 180 valence electrons. The number of anilines is 1. The highest BCUT2D eigenvalue weighted by Crippen LogP contribution is 2.24.